The molecule has 3 heteroatoms. The van der Waals surface area contributed by atoms with Gasteiger partial charge in [0.05, 0.1) is 0 Å². The maximum atomic E-state index is 4.06. The first-order chi connectivity index (χ1) is 3.91. The Balaban J connectivity index is 2.53. The predicted octanol–water partition coefficient (Wildman–Crippen LogP) is 0.0728. The summed E-state index contributed by atoms with van der Waals surface area (Å²) in [6.45, 7) is 1.96. The number of rotatable bonds is 5. The van der Waals surface area contributed by atoms with Gasteiger partial charge in [0.15, 0.2) is 0 Å². The molecule has 0 aliphatic rings. The van der Waals surface area contributed by atoms with Crippen LogP contribution in [-0.4, -0.2) is 26.0 Å². The second kappa shape index (κ2) is 7.27. The highest BCUT2D eigenvalue weighted by atomic mass is 32.1. The average molecular weight is 134 g/mol. The minimum absolute atomic E-state index is 0.897. The Kier molecular flexibility index (Phi) is 7.52. The van der Waals surface area contributed by atoms with Gasteiger partial charge in [-0.3, -0.25) is 0 Å². The largest absolute Gasteiger partial charge is 0.308 e. The molecule has 0 atom stereocenters. The van der Waals surface area contributed by atoms with Gasteiger partial charge in [-0.1, -0.05) is 0 Å². The Morgan fingerprint density at radius 1 is 1.50 bits per heavy atom. The number of hydrogen-bond donors (Lipinski definition) is 3. The molecule has 0 aromatic rings. The van der Waals surface area contributed by atoms with E-state index in [2.05, 4.69) is 23.3 Å². The summed E-state index contributed by atoms with van der Waals surface area (Å²) in [5.74, 6) is 0.969. The monoisotopic (exact) mass is 134 g/mol. The van der Waals surface area contributed by atoms with Crippen molar-refractivity contribution < 1.29 is 0 Å². The van der Waals surface area contributed by atoms with E-state index in [0.29, 0.717) is 0 Å². The van der Waals surface area contributed by atoms with Crippen LogP contribution < -0.4 is 10.6 Å². The molecule has 0 aromatic heterocycles. The Hall–Kier alpha value is 0.270. The molecule has 0 fully saturated rings. The molecule has 0 amide bonds. The van der Waals surface area contributed by atoms with Crippen molar-refractivity contribution in [1.29, 1.82) is 0 Å². The molecule has 0 saturated carbocycles. The van der Waals surface area contributed by atoms with Crippen LogP contribution in [0, 0.1) is 0 Å². The maximum Gasteiger partial charge on any atom is 0.0451 e. The fraction of sp³-hybridized carbons (Fsp3) is 1.00. The van der Waals surface area contributed by atoms with E-state index in [1.807, 2.05) is 7.05 Å². The lowest BCUT2D eigenvalue weighted by Crippen LogP contribution is -2.26. The first kappa shape index (κ1) is 8.27. The Morgan fingerprint density at radius 3 is 2.75 bits per heavy atom. The molecule has 0 aliphatic heterocycles. The summed E-state index contributed by atoms with van der Waals surface area (Å²) in [6.07, 6.45) is 1.14. The van der Waals surface area contributed by atoms with Gasteiger partial charge in [0.25, 0.3) is 0 Å². The van der Waals surface area contributed by atoms with Gasteiger partial charge in [0.2, 0.25) is 0 Å². The van der Waals surface area contributed by atoms with Crippen molar-refractivity contribution in [2.24, 2.45) is 0 Å². The molecule has 0 rings (SSSR count). The van der Waals surface area contributed by atoms with Gasteiger partial charge in [-0.05, 0) is 25.8 Å². The second-order valence-corrected chi connectivity index (χ2v) is 2.05. The van der Waals surface area contributed by atoms with Gasteiger partial charge in [-0.25, -0.2) is 0 Å². The smallest absolute Gasteiger partial charge is 0.0451 e. The zero-order chi connectivity index (χ0) is 6.24. The molecular formula is C5H14N2S. The highest BCUT2D eigenvalue weighted by Gasteiger charge is 1.80. The van der Waals surface area contributed by atoms with Crippen molar-refractivity contribution >= 4 is 12.6 Å². The van der Waals surface area contributed by atoms with Crippen LogP contribution in [0.3, 0.4) is 0 Å². The molecule has 0 spiro atoms. The molecule has 2 nitrogen and oxygen atoms in total. The summed E-state index contributed by atoms with van der Waals surface area (Å²) >= 11 is 4.06. The van der Waals surface area contributed by atoms with E-state index in [-0.39, 0.29) is 0 Å². The van der Waals surface area contributed by atoms with Gasteiger partial charge < -0.3 is 10.6 Å². The fourth-order valence-electron chi connectivity index (χ4n) is 0.417. The summed E-state index contributed by atoms with van der Waals surface area (Å²) in [5, 5.41) is 6.17. The van der Waals surface area contributed by atoms with Crippen molar-refractivity contribution in [3.8, 4) is 0 Å². The summed E-state index contributed by atoms with van der Waals surface area (Å²) in [4.78, 5) is 0. The van der Waals surface area contributed by atoms with Crippen LogP contribution in [0.5, 0.6) is 0 Å². The van der Waals surface area contributed by atoms with E-state index >= 15 is 0 Å². The van der Waals surface area contributed by atoms with E-state index in [9.17, 15) is 0 Å². The third kappa shape index (κ3) is 6.27. The second-order valence-electron chi connectivity index (χ2n) is 1.61. The lowest BCUT2D eigenvalue weighted by molar-refractivity contribution is 0.626. The number of hydrogen-bond acceptors (Lipinski definition) is 3. The molecule has 0 aliphatic carbocycles. The van der Waals surface area contributed by atoms with E-state index in [1.165, 1.54) is 0 Å². The Bertz CT molecular complexity index is 35.4. The van der Waals surface area contributed by atoms with Crippen LogP contribution in [0.2, 0.25) is 0 Å². The van der Waals surface area contributed by atoms with Crippen LogP contribution in [0.4, 0.5) is 0 Å². The summed E-state index contributed by atoms with van der Waals surface area (Å²) in [7, 11) is 1.92. The SMILES string of the molecule is CNCNCCCS. The number of nitrogens with one attached hydrogen (secondary N) is 2. The van der Waals surface area contributed by atoms with Crippen LogP contribution in [0.1, 0.15) is 6.42 Å². The minimum Gasteiger partial charge on any atom is -0.308 e. The van der Waals surface area contributed by atoms with Gasteiger partial charge in [0.1, 0.15) is 0 Å². The zero-order valence-corrected chi connectivity index (χ0v) is 6.17. The fourth-order valence-corrected chi connectivity index (χ4v) is 0.576. The highest BCUT2D eigenvalue weighted by Crippen LogP contribution is 1.77. The normalized spacial score (nSPS) is 9.75. The minimum atomic E-state index is 0.897. The molecule has 0 aromatic carbocycles. The predicted molar refractivity (Wildman–Crippen MR) is 40.4 cm³/mol. The van der Waals surface area contributed by atoms with Crippen LogP contribution in [-0.2, 0) is 0 Å². The van der Waals surface area contributed by atoms with Crippen LogP contribution >= 0.6 is 12.6 Å². The maximum absolute atomic E-state index is 4.06. The van der Waals surface area contributed by atoms with Crippen molar-refractivity contribution in [2.75, 3.05) is 26.0 Å². The van der Waals surface area contributed by atoms with Crippen LogP contribution in [0.25, 0.3) is 0 Å². The first-order valence-electron chi connectivity index (χ1n) is 2.88. The van der Waals surface area contributed by atoms with E-state index in [4.69, 9.17) is 0 Å². The molecule has 0 bridgehead atoms. The zero-order valence-electron chi connectivity index (χ0n) is 5.28. The molecule has 0 unspecified atom stereocenters. The van der Waals surface area contributed by atoms with Crippen molar-refractivity contribution in [3.63, 3.8) is 0 Å². The van der Waals surface area contributed by atoms with Gasteiger partial charge in [-0.2, -0.15) is 12.6 Å². The molecule has 8 heavy (non-hydrogen) atoms. The third-order valence-corrected chi connectivity index (χ3v) is 1.13. The highest BCUT2D eigenvalue weighted by molar-refractivity contribution is 7.80. The summed E-state index contributed by atoms with van der Waals surface area (Å²) in [5.41, 5.74) is 0. The lowest BCUT2D eigenvalue weighted by atomic mass is 10.5. The standard InChI is InChI=1S/C5H14N2S/c1-6-5-7-3-2-4-8/h6-8H,2-5H2,1H3. The third-order valence-electron chi connectivity index (χ3n) is 0.813. The first-order valence-corrected chi connectivity index (χ1v) is 3.51. The van der Waals surface area contributed by atoms with Crippen LogP contribution in [0.15, 0.2) is 0 Å². The average Bonchev–Trinajstić information content (AvgIpc) is 1.81. The Labute approximate surface area is 56.5 Å². The molecule has 0 saturated heterocycles. The quantitative estimate of drug-likeness (QED) is 0.282. The van der Waals surface area contributed by atoms with Crippen molar-refractivity contribution in [2.45, 2.75) is 6.42 Å². The lowest BCUT2D eigenvalue weighted by Gasteiger charge is -1.99. The number of thiol groups is 1. The van der Waals surface area contributed by atoms with E-state index in [1.54, 1.807) is 0 Å². The van der Waals surface area contributed by atoms with Crippen molar-refractivity contribution in [1.82, 2.24) is 10.6 Å². The molecule has 2 N–H and O–H groups in total. The Morgan fingerprint density at radius 2 is 2.25 bits per heavy atom. The van der Waals surface area contributed by atoms with Crippen molar-refractivity contribution in [3.05, 3.63) is 0 Å². The molecule has 0 radical (unpaired) electrons. The van der Waals surface area contributed by atoms with Gasteiger partial charge in [-0.15, -0.1) is 0 Å². The van der Waals surface area contributed by atoms with Gasteiger partial charge in [0, 0.05) is 6.67 Å². The summed E-state index contributed by atoms with van der Waals surface area (Å²) in [6, 6.07) is 0. The van der Waals surface area contributed by atoms with Gasteiger partial charge >= 0.3 is 0 Å². The van der Waals surface area contributed by atoms with E-state index in [0.717, 1.165) is 25.4 Å². The molecular weight excluding hydrogens is 120 g/mol. The topological polar surface area (TPSA) is 24.1 Å². The van der Waals surface area contributed by atoms with E-state index < -0.39 is 0 Å². The summed E-state index contributed by atoms with van der Waals surface area (Å²) < 4.78 is 0. The molecule has 0 heterocycles. The molecule has 50 valence electrons.